The molecule has 1 aromatic carbocycles. The zero-order valence-electron chi connectivity index (χ0n) is 9.32. The molecule has 0 fully saturated rings. The molecule has 0 aliphatic rings. The van der Waals surface area contributed by atoms with E-state index in [-0.39, 0.29) is 0 Å². The van der Waals surface area contributed by atoms with Gasteiger partial charge in [-0.3, -0.25) is 4.90 Å². The molecule has 0 heterocycles. The quantitative estimate of drug-likeness (QED) is 0.608. The fourth-order valence-corrected chi connectivity index (χ4v) is 1.70. The fourth-order valence-electron chi connectivity index (χ4n) is 1.50. The minimum absolute atomic E-state index is 0.606. The minimum atomic E-state index is 0.606. The number of rotatable bonds is 6. The Kier molecular flexibility index (Phi) is 5.09. The molecular weight excluding hydrogens is 220 g/mol. The molecule has 0 saturated heterocycles. The average molecular weight is 237 g/mol. The van der Waals surface area contributed by atoms with E-state index in [1.807, 2.05) is 30.4 Å². The van der Waals surface area contributed by atoms with Gasteiger partial charge in [0.2, 0.25) is 0 Å². The van der Waals surface area contributed by atoms with Crippen LogP contribution in [0.4, 0.5) is 5.69 Å². The van der Waals surface area contributed by atoms with Crippen LogP contribution in [0.15, 0.2) is 43.5 Å². The summed E-state index contributed by atoms with van der Waals surface area (Å²) in [5, 5.41) is 0.606. The highest BCUT2D eigenvalue weighted by Gasteiger charge is 2.04. The van der Waals surface area contributed by atoms with Crippen molar-refractivity contribution in [3.05, 3.63) is 54.1 Å². The van der Waals surface area contributed by atoms with E-state index in [9.17, 15) is 0 Å². The Morgan fingerprint density at radius 2 is 1.88 bits per heavy atom. The smallest absolute Gasteiger partial charge is 0.0638 e. The molecule has 1 aromatic rings. The molecule has 16 heavy (non-hydrogen) atoms. The predicted octanol–water partition coefficient (Wildman–Crippen LogP) is 3.10. The molecule has 2 nitrogen and oxygen atoms in total. The summed E-state index contributed by atoms with van der Waals surface area (Å²) in [5.41, 5.74) is 7.42. The molecule has 0 bridgehead atoms. The first-order chi connectivity index (χ1) is 7.67. The molecule has 0 unspecified atom stereocenters. The van der Waals surface area contributed by atoms with Gasteiger partial charge in [0.25, 0.3) is 0 Å². The van der Waals surface area contributed by atoms with Crippen molar-refractivity contribution in [1.82, 2.24) is 4.90 Å². The maximum Gasteiger partial charge on any atom is 0.0638 e. The Hall–Kier alpha value is -1.25. The largest absolute Gasteiger partial charge is 0.398 e. The molecule has 0 spiro atoms. The molecule has 86 valence electrons. The van der Waals surface area contributed by atoms with Gasteiger partial charge < -0.3 is 5.73 Å². The van der Waals surface area contributed by atoms with E-state index in [0.29, 0.717) is 10.7 Å². The summed E-state index contributed by atoms with van der Waals surface area (Å²) in [6, 6.07) is 5.72. The third kappa shape index (κ3) is 3.72. The third-order valence-corrected chi connectivity index (χ3v) is 2.57. The summed E-state index contributed by atoms with van der Waals surface area (Å²) in [4.78, 5) is 2.21. The number of hydrogen-bond donors (Lipinski definition) is 1. The van der Waals surface area contributed by atoms with Gasteiger partial charge in [-0.05, 0) is 17.7 Å². The highest BCUT2D eigenvalue weighted by molar-refractivity contribution is 6.33. The molecule has 0 aromatic heterocycles. The number of hydrogen-bond acceptors (Lipinski definition) is 2. The first-order valence-electron chi connectivity index (χ1n) is 5.15. The van der Waals surface area contributed by atoms with Crippen LogP contribution in [0, 0.1) is 0 Å². The second kappa shape index (κ2) is 6.36. The first-order valence-corrected chi connectivity index (χ1v) is 5.53. The van der Waals surface area contributed by atoms with Crippen LogP contribution in [-0.2, 0) is 6.54 Å². The molecule has 0 atom stereocenters. The van der Waals surface area contributed by atoms with Gasteiger partial charge in [-0.1, -0.05) is 29.8 Å². The maximum atomic E-state index is 5.97. The summed E-state index contributed by atoms with van der Waals surface area (Å²) in [6.45, 7) is 9.94. The topological polar surface area (TPSA) is 29.3 Å². The summed E-state index contributed by atoms with van der Waals surface area (Å²) in [7, 11) is 0. The fraction of sp³-hybridized carbons (Fsp3) is 0.231. The van der Waals surface area contributed by atoms with Crippen LogP contribution in [0.2, 0.25) is 5.02 Å². The molecule has 0 amide bonds. The number of benzene rings is 1. The molecule has 0 aliphatic carbocycles. The van der Waals surface area contributed by atoms with Crippen LogP contribution < -0.4 is 5.73 Å². The van der Waals surface area contributed by atoms with Crippen molar-refractivity contribution in [3.63, 3.8) is 0 Å². The maximum absolute atomic E-state index is 5.97. The summed E-state index contributed by atoms with van der Waals surface area (Å²) >= 11 is 5.97. The Labute approximate surface area is 102 Å². The number of anilines is 1. The van der Waals surface area contributed by atoms with E-state index in [2.05, 4.69) is 18.1 Å². The van der Waals surface area contributed by atoms with E-state index in [1.165, 1.54) is 0 Å². The van der Waals surface area contributed by atoms with Crippen LogP contribution in [0.1, 0.15) is 5.56 Å². The highest BCUT2D eigenvalue weighted by atomic mass is 35.5. The number of nitrogens with two attached hydrogens (primary N) is 1. The van der Waals surface area contributed by atoms with Crippen molar-refractivity contribution < 1.29 is 0 Å². The average Bonchev–Trinajstić information content (AvgIpc) is 2.24. The van der Waals surface area contributed by atoms with Gasteiger partial charge in [0.05, 0.1) is 10.7 Å². The van der Waals surface area contributed by atoms with E-state index < -0.39 is 0 Å². The highest BCUT2D eigenvalue weighted by Crippen LogP contribution is 2.20. The molecule has 0 saturated carbocycles. The van der Waals surface area contributed by atoms with E-state index in [0.717, 1.165) is 25.2 Å². The molecule has 3 heteroatoms. The van der Waals surface area contributed by atoms with Crippen LogP contribution in [0.5, 0.6) is 0 Å². The van der Waals surface area contributed by atoms with Crippen LogP contribution in [0.25, 0.3) is 0 Å². The predicted molar refractivity (Wildman–Crippen MR) is 71.5 cm³/mol. The lowest BCUT2D eigenvalue weighted by atomic mass is 10.2. The summed E-state index contributed by atoms with van der Waals surface area (Å²) in [5.74, 6) is 0. The molecular formula is C13H17ClN2. The van der Waals surface area contributed by atoms with Crippen molar-refractivity contribution in [2.24, 2.45) is 0 Å². The van der Waals surface area contributed by atoms with E-state index in [1.54, 1.807) is 0 Å². The zero-order valence-corrected chi connectivity index (χ0v) is 10.1. The Balaban J connectivity index is 2.72. The van der Waals surface area contributed by atoms with Crippen LogP contribution in [0.3, 0.4) is 0 Å². The van der Waals surface area contributed by atoms with Crippen molar-refractivity contribution in [2.45, 2.75) is 6.54 Å². The van der Waals surface area contributed by atoms with Gasteiger partial charge in [0.15, 0.2) is 0 Å². The zero-order chi connectivity index (χ0) is 12.0. The Morgan fingerprint density at radius 3 is 2.38 bits per heavy atom. The Bertz CT molecular complexity index is 364. The van der Waals surface area contributed by atoms with E-state index in [4.69, 9.17) is 17.3 Å². The molecule has 0 radical (unpaired) electrons. The number of nitrogens with zero attached hydrogens (tertiary/aromatic N) is 1. The SMILES string of the molecule is C=CCN(CC=C)Cc1ccc(N)c(Cl)c1. The van der Waals surface area contributed by atoms with Crippen molar-refractivity contribution in [1.29, 1.82) is 0 Å². The lowest BCUT2D eigenvalue weighted by Crippen LogP contribution is -2.23. The van der Waals surface area contributed by atoms with Gasteiger partial charge in [-0.15, -0.1) is 13.2 Å². The summed E-state index contributed by atoms with van der Waals surface area (Å²) < 4.78 is 0. The van der Waals surface area contributed by atoms with Crippen molar-refractivity contribution >= 4 is 17.3 Å². The minimum Gasteiger partial charge on any atom is -0.398 e. The standard InChI is InChI=1S/C13H17ClN2/c1-3-7-16(8-4-2)10-11-5-6-13(15)12(14)9-11/h3-6,9H,1-2,7-8,10,15H2. The van der Waals surface area contributed by atoms with Crippen LogP contribution >= 0.6 is 11.6 Å². The van der Waals surface area contributed by atoms with Gasteiger partial charge >= 0.3 is 0 Å². The number of nitrogen functional groups attached to an aromatic ring is 1. The second-order valence-electron chi connectivity index (χ2n) is 3.63. The summed E-state index contributed by atoms with van der Waals surface area (Å²) in [6.07, 6.45) is 3.75. The molecule has 0 aliphatic heterocycles. The molecule has 1 rings (SSSR count). The van der Waals surface area contributed by atoms with Crippen LogP contribution in [-0.4, -0.2) is 18.0 Å². The lowest BCUT2D eigenvalue weighted by molar-refractivity contribution is 0.328. The van der Waals surface area contributed by atoms with Crippen molar-refractivity contribution in [2.75, 3.05) is 18.8 Å². The first kappa shape index (κ1) is 12.8. The number of halogens is 1. The second-order valence-corrected chi connectivity index (χ2v) is 4.03. The lowest BCUT2D eigenvalue weighted by Gasteiger charge is -2.18. The monoisotopic (exact) mass is 236 g/mol. The normalized spacial score (nSPS) is 10.4. The van der Waals surface area contributed by atoms with Gasteiger partial charge in [0.1, 0.15) is 0 Å². The molecule has 2 N–H and O–H groups in total. The third-order valence-electron chi connectivity index (χ3n) is 2.25. The van der Waals surface area contributed by atoms with E-state index >= 15 is 0 Å². The van der Waals surface area contributed by atoms with Gasteiger partial charge in [-0.2, -0.15) is 0 Å². The van der Waals surface area contributed by atoms with Gasteiger partial charge in [0, 0.05) is 19.6 Å². The Morgan fingerprint density at radius 1 is 1.25 bits per heavy atom. The van der Waals surface area contributed by atoms with Gasteiger partial charge in [-0.25, -0.2) is 0 Å². The van der Waals surface area contributed by atoms with Crippen molar-refractivity contribution in [3.8, 4) is 0 Å².